The molecule has 3 rings (SSSR count). The van der Waals surface area contributed by atoms with E-state index in [1.165, 1.54) is 36.5 Å². The summed E-state index contributed by atoms with van der Waals surface area (Å²) in [4.78, 5) is 16.3. The molecule has 0 bridgehead atoms. The summed E-state index contributed by atoms with van der Waals surface area (Å²) in [6.45, 7) is 0.00419. The van der Waals surface area contributed by atoms with E-state index in [1.807, 2.05) is 0 Å². The topological polar surface area (TPSA) is 54.0 Å². The number of aromatic nitrogens is 1. The Kier molecular flexibility index (Phi) is 5.58. The van der Waals surface area contributed by atoms with Crippen LogP contribution < -0.4 is 10.6 Å². The monoisotopic (exact) mass is 389 g/mol. The van der Waals surface area contributed by atoms with Gasteiger partial charge in [0.25, 0.3) is 5.91 Å². The van der Waals surface area contributed by atoms with Crippen molar-refractivity contribution in [3.8, 4) is 0 Å². The standard InChI is InChI=1S/C20H15F4N3O/c21-17-7-2-1-4-14(17)12-26-19(28)13-8-9-25-18(10-13)27-16-6-3-5-15(11-16)20(22,23)24/h1-11H,12H2,(H,25,27)(H,26,28). The highest BCUT2D eigenvalue weighted by Crippen LogP contribution is 2.31. The average molecular weight is 389 g/mol. The third-order valence-corrected chi connectivity index (χ3v) is 3.88. The molecule has 2 N–H and O–H groups in total. The number of rotatable bonds is 5. The summed E-state index contributed by atoms with van der Waals surface area (Å²) in [6.07, 6.45) is -3.10. The summed E-state index contributed by atoms with van der Waals surface area (Å²) < 4.78 is 52.0. The van der Waals surface area contributed by atoms with Crippen LogP contribution >= 0.6 is 0 Å². The lowest BCUT2D eigenvalue weighted by atomic mass is 10.2. The number of nitrogens with one attached hydrogen (secondary N) is 2. The molecule has 1 aromatic heterocycles. The number of nitrogens with zero attached hydrogens (tertiary/aromatic N) is 1. The third kappa shape index (κ3) is 4.85. The van der Waals surface area contributed by atoms with Crippen LogP contribution in [0.3, 0.4) is 0 Å². The smallest absolute Gasteiger partial charge is 0.348 e. The Morgan fingerprint density at radius 1 is 1.00 bits per heavy atom. The van der Waals surface area contributed by atoms with Crippen molar-refractivity contribution in [1.82, 2.24) is 10.3 Å². The highest BCUT2D eigenvalue weighted by Gasteiger charge is 2.30. The number of carbonyl (C=O) groups is 1. The molecule has 28 heavy (non-hydrogen) atoms. The molecule has 2 aromatic carbocycles. The van der Waals surface area contributed by atoms with E-state index in [0.29, 0.717) is 5.56 Å². The Bertz CT molecular complexity index is 989. The first-order chi connectivity index (χ1) is 13.3. The van der Waals surface area contributed by atoms with E-state index in [1.54, 1.807) is 18.2 Å². The zero-order chi connectivity index (χ0) is 20.1. The molecule has 0 saturated heterocycles. The van der Waals surface area contributed by atoms with Gasteiger partial charge in [0.2, 0.25) is 0 Å². The van der Waals surface area contributed by atoms with Crippen molar-refractivity contribution in [2.75, 3.05) is 5.32 Å². The molecule has 0 spiro atoms. The molecule has 0 aliphatic heterocycles. The number of hydrogen-bond donors (Lipinski definition) is 2. The number of alkyl halides is 3. The van der Waals surface area contributed by atoms with Crippen molar-refractivity contribution in [1.29, 1.82) is 0 Å². The first-order valence-corrected chi connectivity index (χ1v) is 8.25. The van der Waals surface area contributed by atoms with Gasteiger partial charge in [-0.25, -0.2) is 9.37 Å². The number of amides is 1. The number of hydrogen-bond acceptors (Lipinski definition) is 3. The lowest BCUT2D eigenvalue weighted by Gasteiger charge is -2.11. The number of halogens is 4. The van der Waals surface area contributed by atoms with Crippen molar-refractivity contribution in [2.24, 2.45) is 0 Å². The van der Waals surface area contributed by atoms with Crippen LogP contribution in [0.25, 0.3) is 0 Å². The van der Waals surface area contributed by atoms with E-state index in [-0.39, 0.29) is 23.6 Å². The summed E-state index contributed by atoms with van der Waals surface area (Å²) in [5.41, 5.74) is -0.0319. The molecule has 1 heterocycles. The Hall–Kier alpha value is -3.42. The average Bonchev–Trinajstić information content (AvgIpc) is 2.67. The van der Waals surface area contributed by atoms with Gasteiger partial charge >= 0.3 is 6.18 Å². The SMILES string of the molecule is O=C(NCc1ccccc1F)c1ccnc(Nc2cccc(C(F)(F)F)c2)c1. The van der Waals surface area contributed by atoms with Gasteiger partial charge in [0.05, 0.1) is 5.56 Å². The van der Waals surface area contributed by atoms with Crippen molar-refractivity contribution in [2.45, 2.75) is 12.7 Å². The van der Waals surface area contributed by atoms with Crippen molar-refractivity contribution in [3.63, 3.8) is 0 Å². The maximum Gasteiger partial charge on any atom is 0.416 e. The van der Waals surface area contributed by atoms with E-state index in [2.05, 4.69) is 15.6 Å². The maximum atomic E-state index is 13.6. The van der Waals surface area contributed by atoms with E-state index < -0.39 is 23.5 Å². The van der Waals surface area contributed by atoms with Crippen LogP contribution in [0.1, 0.15) is 21.5 Å². The fourth-order valence-corrected chi connectivity index (χ4v) is 2.48. The first-order valence-electron chi connectivity index (χ1n) is 8.25. The summed E-state index contributed by atoms with van der Waals surface area (Å²) in [7, 11) is 0. The Balaban J connectivity index is 1.70. The molecule has 0 unspecified atom stereocenters. The predicted molar refractivity (Wildman–Crippen MR) is 96.5 cm³/mol. The Labute approximate surface area is 158 Å². The van der Waals surface area contributed by atoms with Crippen LogP contribution in [-0.2, 0) is 12.7 Å². The van der Waals surface area contributed by atoms with Gasteiger partial charge in [0.1, 0.15) is 11.6 Å². The van der Waals surface area contributed by atoms with E-state index in [4.69, 9.17) is 0 Å². The van der Waals surface area contributed by atoms with Gasteiger partial charge in [-0.15, -0.1) is 0 Å². The molecule has 3 aromatic rings. The molecular formula is C20H15F4N3O. The van der Waals surface area contributed by atoms with Crippen LogP contribution in [0.15, 0.2) is 66.9 Å². The molecule has 1 amide bonds. The minimum Gasteiger partial charge on any atom is -0.348 e. The zero-order valence-corrected chi connectivity index (χ0v) is 14.4. The largest absolute Gasteiger partial charge is 0.416 e. The van der Waals surface area contributed by atoms with E-state index in [9.17, 15) is 22.4 Å². The summed E-state index contributed by atoms with van der Waals surface area (Å²) in [5.74, 6) is -0.681. The minimum absolute atomic E-state index is 0.00419. The lowest BCUT2D eigenvalue weighted by Crippen LogP contribution is -2.23. The van der Waals surface area contributed by atoms with Crippen LogP contribution in [0.5, 0.6) is 0 Å². The second-order valence-electron chi connectivity index (χ2n) is 5.91. The molecule has 4 nitrogen and oxygen atoms in total. The molecule has 0 aliphatic rings. The fraction of sp³-hybridized carbons (Fsp3) is 0.100. The molecule has 0 fully saturated rings. The normalized spacial score (nSPS) is 11.1. The van der Waals surface area contributed by atoms with Gasteiger partial charge in [0.15, 0.2) is 0 Å². The van der Waals surface area contributed by atoms with Gasteiger partial charge < -0.3 is 10.6 Å². The Morgan fingerprint density at radius 2 is 1.79 bits per heavy atom. The van der Waals surface area contributed by atoms with Gasteiger partial charge in [-0.05, 0) is 36.4 Å². The number of benzene rings is 2. The molecule has 0 radical (unpaired) electrons. The highest BCUT2D eigenvalue weighted by molar-refractivity contribution is 5.94. The number of pyridine rings is 1. The predicted octanol–water partition coefficient (Wildman–Crippen LogP) is 4.91. The Morgan fingerprint density at radius 3 is 2.54 bits per heavy atom. The van der Waals surface area contributed by atoms with E-state index >= 15 is 0 Å². The van der Waals surface area contributed by atoms with Crippen molar-refractivity contribution in [3.05, 3.63) is 89.4 Å². The molecule has 144 valence electrons. The van der Waals surface area contributed by atoms with Crippen molar-refractivity contribution < 1.29 is 22.4 Å². The van der Waals surface area contributed by atoms with Crippen LogP contribution in [0, 0.1) is 5.82 Å². The second-order valence-corrected chi connectivity index (χ2v) is 5.91. The highest BCUT2D eigenvalue weighted by atomic mass is 19.4. The summed E-state index contributed by atoms with van der Waals surface area (Å²) in [6, 6.07) is 13.6. The van der Waals surface area contributed by atoms with Crippen LogP contribution in [0.4, 0.5) is 29.1 Å². The van der Waals surface area contributed by atoms with Crippen molar-refractivity contribution >= 4 is 17.4 Å². The quantitative estimate of drug-likeness (QED) is 0.610. The van der Waals surface area contributed by atoms with Gasteiger partial charge in [-0.1, -0.05) is 24.3 Å². The molecular weight excluding hydrogens is 374 g/mol. The van der Waals surface area contributed by atoms with Gasteiger partial charge in [-0.3, -0.25) is 4.79 Å². The summed E-state index contributed by atoms with van der Waals surface area (Å²) >= 11 is 0. The molecule has 0 atom stereocenters. The minimum atomic E-state index is -4.46. The first kappa shape index (κ1) is 19.3. The zero-order valence-electron chi connectivity index (χ0n) is 14.4. The third-order valence-electron chi connectivity index (χ3n) is 3.88. The fourth-order valence-electron chi connectivity index (χ4n) is 2.48. The molecule has 0 saturated carbocycles. The van der Waals surface area contributed by atoms with E-state index in [0.717, 1.165) is 12.1 Å². The number of carbonyl (C=O) groups excluding carboxylic acids is 1. The summed E-state index contributed by atoms with van der Waals surface area (Å²) in [5, 5.41) is 5.34. The second kappa shape index (κ2) is 8.08. The van der Waals surface area contributed by atoms with Gasteiger partial charge in [0, 0.05) is 29.6 Å². The molecule has 0 aliphatic carbocycles. The van der Waals surface area contributed by atoms with Gasteiger partial charge in [-0.2, -0.15) is 13.2 Å². The van der Waals surface area contributed by atoms with Crippen LogP contribution in [-0.4, -0.2) is 10.9 Å². The van der Waals surface area contributed by atoms with Crippen LogP contribution in [0.2, 0.25) is 0 Å². The molecule has 8 heteroatoms. The maximum absolute atomic E-state index is 13.6. The lowest BCUT2D eigenvalue weighted by molar-refractivity contribution is -0.137. The number of anilines is 2.